The Balaban J connectivity index is -0.000000350. The lowest BCUT2D eigenvalue weighted by Gasteiger charge is -2.07. The van der Waals surface area contributed by atoms with E-state index in [9.17, 15) is 14.4 Å². The molecule has 0 spiro atoms. The van der Waals surface area contributed by atoms with Gasteiger partial charge >= 0.3 is 11.9 Å². The van der Waals surface area contributed by atoms with Crippen molar-refractivity contribution in [3.63, 3.8) is 0 Å². The Bertz CT molecular complexity index is 973. The number of rotatable bonds is 37. The van der Waals surface area contributed by atoms with Crippen molar-refractivity contribution < 1.29 is 47.5 Å². The van der Waals surface area contributed by atoms with Gasteiger partial charge in [0, 0.05) is 38.2 Å². The number of unbranched alkanes of at least 4 members (excludes halogenated alkanes) is 13. The van der Waals surface area contributed by atoms with Crippen LogP contribution in [0, 0.1) is 0 Å². The number of ether oxygens (including phenoxy) is 7. The van der Waals surface area contributed by atoms with Gasteiger partial charge in [0.1, 0.15) is 0 Å². The van der Waals surface area contributed by atoms with E-state index in [2.05, 4.69) is 54.0 Å². The highest BCUT2D eigenvalue weighted by atomic mass is 16.5. The van der Waals surface area contributed by atoms with Crippen LogP contribution in [0.2, 0.25) is 0 Å². The van der Waals surface area contributed by atoms with Gasteiger partial charge in [-0.15, -0.1) is 0 Å². The van der Waals surface area contributed by atoms with Gasteiger partial charge in [-0.1, -0.05) is 71.3 Å². The summed E-state index contributed by atoms with van der Waals surface area (Å²) in [6.45, 7) is 38.2. The highest BCUT2D eigenvalue weighted by Gasteiger charge is 2.05. The summed E-state index contributed by atoms with van der Waals surface area (Å²) in [4.78, 5) is 33.4. The van der Waals surface area contributed by atoms with Crippen LogP contribution in [0.5, 0.6) is 0 Å². The van der Waals surface area contributed by atoms with Crippen molar-refractivity contribution in [1.29, 1.82) is 0 Å². The highest BCUT2D eigenvalue weighted by molar-refractivity contribution is 5.94. The van der Waals surface area contributed by atoms with Crippen molar-refractivity contribution in [1.82, 2.24) is 0 Å². The predicted molar refractivity (Wildman–Crippen MR) is 250 cm³/mol. The molecule has 0 aliphatic rings. The van der Waals surface area contributed by atoms with Gasteiger partial charge in [-0.05, 0) is 139 Å². The molecule has 0 amide bonds. The lowest BCUT2D eigenvalue weighted by atomic mass is 10.1. The minimum atomic E-state index is -0.289. The van der Waals surface area contributed by atoms with Crippen molar-refractivity contribution >= 4 is 17.7 Å². The summed E-state index contributed by atoms with van der Waals surface area (Å²) < 4.78 is 36.3. The van der Waals surface area contributed by atoms with Gasteiger partial charge in [0.15, 0.2) is 5.78 Å². The summed E-state index contributed by atoms with van der Waals surface area (Å²) in [7, 11) is 0. The van der Waals surface area contributed by atoms with Gasteiger partial charge in [0.25, 0.3) is 0 Å². The third-order valence-corrected chi connectivity index (χ3v) is 8.15. The van der Waals surface area contributed by atoms with Crippen LogP contribution in [0.15, 0.2) is 50.0 Å². The fraction of sp³-hybridized carbons (Fsp3) is 0.780. The third kappa shape index (κ3) is 64.2. The predicted octanol–water partition coefficient (Wildman–Crippen LogP) is 13.2. The van der Waals surface area contributed by atoms with Crippen molar-refractivity contribution in [2.45, 2.75) is 216 Å². The van der Waals surface area contributed by atoms with Gasteiger partial charge in [-0.2, -0.15) is 0 Å². The van der Waals surface area contributed by atoms with E-state index in [0.29, 0.717) is 48.9 Å². The molecule has 0 fully saturated rings. The van der Waals surface area contributed by atoms with Crippen molar-refractivity contribution in [2.24, 2.45) is 0 Å². The van der Waals surface area contributed by atoms with Crippen molar-refractivity contribution in [3.8, 4) is 0 Å². The Morgan fingerprint density at radius 1 is 0.433 bits per heavy atom. The van der Waals surface area contributed by atoms with E-state index in [1.807, 2.05) is 27.7 Å². The molecular weight excluding hydrogens is 761 g/mol. The molecule has 0 N–H and O–H groups in total. The summed E-state index contributed by atoms with van der Waals surface area (Å²) in [5, 5.41) is 0. The topological polar surface area (TPSA) is 116 Å². The van der Waals surface area contributed by atoms with Crippen LogP contribution < -0.4 is 0 Å². The minimum absolute atomic E-state index is 0.00140. The smallest absolute Gasteiger partial charge is 0.333 e. The number of esters is 2. The average molecular weight is 855 g/mol. The fourth-order valence-electron chi connectivity index (χ4n) is 4.87. The molecule has 60 heavy (non-hydrogen) atoms. The third-order valence-electron chi connectivity index (χ3n) is 8.15. The second-order valence-electron chi connectivity index (χ2n) is 16.0. The first-order valence-corrected chi connectivity index (χ1v) is 23.0. The minimum Gasteiger partial charge on any atom is -0.502 e. The Hall–Kier alpha value is -2.95. The number of carbonyl (C=O) groups excluding carboxylic acids is 3. The van der Waals surface area contributed by atoms with Crippen LogP contribution in [0.3, 0.4) is 0 Å². The van der Waals surface area contributed by atoms with Gasteiger partial charge in [0.2, 0.25) is 0 Å². The molecule has 0 aromatic rings. The quantitative estimate of drug-likeness (QED) is 0.0259. The molecule has 0 heterocycles. The van der Waals surface area contributed by atoms with Gasteiger partial charge in [-0.3, -0.25) is 9.59 Å². The maximum absolute atomic E-state index is 11.2. The molecule has 354 valence electrons. The molecule has 0 radical (unpaired) electrons. The molecule has 0 aromatic carbocycles. The van der Waals surface area contributed by atoms with Gasteiger partial charge in [0.05, 0.1) is 56.8 Å². The largest absolute Gasteiger partial charge is 0.502 e. The highest BCUT2D eigenvalue weighted by Crippen LogP contribution is 2.09. The second kappa shape index (κ2) is 50.4. The van der Waals surface area contributed by atoms with E-state index >= 15 is 0 Å². The van der Waals surface area contributed by atoms with Crippen LogP contribution in [-0.4, -0.2) is 81.8 Å². The maximum atomic E-state index is 11.2. The van der Waals surface area contributed by atoms with Crippen molar-refractivity contribution in [2.75, 3.05) is 39.6 Å². The lowest BCUT2D eigenvalue weighted by molar-refractivity contribution is -0.147. The zero-order chi connectivity index (χ0) is 46.2. The van der Waals surface area contributed by atoms with Crippen LogP contribution in [0.1, 0.15) is 191 Å². The van der Waals surface area contributed by atoms with E-state index in [4.69, 9.17) is 33.2 Å². The van der Waals surface area contributed by atoms with Crippen LogP contribution in [0.25, 0.3) is 0 Å². The summed E-state index contributed by atoms with van der Waals surface area (Å²) in [6.07, 6.45) is 23.8. The Labute approximate surface area is 369 Å². The molecule has 0 aromatic heterocycles. The van der Waals surface area contributed by atoms with E-state index in [0.717, 1.165) is 117 Å². The molecule has 10 heteroatoms. The molecule has 0 aliphatic carbocycles. The summed E-state index contributed by atoms with van der Waals surface area (Å²) in [5.74, 6) is -0.168. The zero-order valence-electron chi connectivity index (χ0n) is 40.6. The molecular formula is C50H94O10. The van der Waals surface area contributed by atoms with E-state index in [1.54, 1.807) is 13.8 Å². The summed E-state index contributed by atoms with van der Waals surface area (Å²) in [6, 6.07) is 0. The molecule has 0 atom stereocenters. The number of Topliss-reactive ketones (excluding diaryl/α,β-unsaturated/α-hetero) is 1. The Morgan fingerprint density at radius 2 is 0.767 bits per heavy atom. The molecule has 0 saturated heterocycles. The first kappa shape index (κ1) is 63.7. The number of allylic oxidation sites excluding steroid dienone is 1. The van der Waals surface area contributed by atoms with E-state index < -0.39 is 0 Å². The van der Waals surface area contributed by atoms with Crippen LogP contribution in [-0.2, 0) is 47.5 Å². The molecule has 0 aliphatic heterocycles. The van der Waals surface area contributed by atoms with Crippen molar-refractivity contribution in [3.05, 3.63) is 50.0 Å². The van der Waals surface area contributed by atoms with Gasteiger partial charge in [-0.25, -0.2) is 4.79 Å². The number of hydrogen-bond acceptors (Lipinski definition) is 10. The molecule has 0 unspecified atom stereocenters. The first-order chi connectivity index (χ1) is 28.5. The standard InChI is InChI=1S/C14H26O2.C13H24O3.C12H22O3.C11H22O2/c1-12(2)14(15)10-8-6-5-7-9-11-16-13(3)4;1-11(2)13(14)16-10-8-6-5-7-9-15-12(3)4;1-4-14-10-8-6-5-7-9-12(13)15-11(2)3;1-4-12-9-7-5-6-8-10-13-11(2)3/h13H,1,5-11H2,2-4H3;12H,1,5-10H2,2-4H3;4,11H,1,5-10H2,2-3H3;4,11H,1,5-10H2,2-3H3. The number of ketones is 1. The van der Waals surface area contributed by atoms with E-state index in [1.165, 1.54) is 38.2 Å². The molecule has 0 saturated carbocycles. The molecule has 0 rings (SSSR count). The van der Waals surface area contributed by atoms with E-state index in [-0.39, 0.29) is 23.8 Å². The fourth-order valence-corrected chi connectivity index (χ4v) is 4.87. The zero-order valence-corrected chi connectivity index (χ0v) is 40.6. The van der Waals surface area contributed by atoms with Crippen LogP contribution in [0.4, 0.5) is 0 Å². The molecule has 0 bridgehead atoms. The average Bonchev–Trinajstić information content (AvgIpc) is 3.17. The van der Waals surface area contributed by atoms with Crippen LogP contribution >= 0.6 is 0 Å². The Morgan fingerprint density at radius 3 is 1.10 bits per heavy atom. The summed E-state index contributed by atoms with van der Waals surface area (Å²) in [5.41, 5.74) is 1.15. The first-order valence-electron chi connectivity index (χ1n) is 23.0. The number of carbonyl (C=O) groups is 3. The second-order valence-corrected chi connectivity index (χ2v) is 16.0. The Kier molecular flexibility index (Phi) is 53.5. The SMILES string of the molecule is C=C(C)C(=O)CCCCCCCOC(C)C.C=C(C)C(=O)OCCCCCCOC(C)C.C=COCCCCCCC(=O)OC(C)C.C=COCCCCCCOC(C)C. The lowest BCUT2D eigenvalue weighted by Crippen LogP contribution is -2.10. The summed E-state index contributed by atoms with van der Waals surface area (Å²) >= 11 is 0. The number of hydrogen-bond donors (Lipinski definition) is 0. The monoisotopic (exact) mass is 855 g/mol. The van der Waals surface area contributed by atoms with Gasteiger partial charge < -0.3 is 33.2 Å². The molecule has 10 nitrogen and oxygen atoms in total. The maximum Gasteiger partial charge on any atom is 0.333 e. The normalized spacial score (nSPS) is 10.4.